The molecule has 1 aliphatic rings. The van der Waals surface area contributed by atoms with Crippen molar-refractivity contribution in [3.8, 4) is 0 Å². The normalized spacial score (nSPS) is 20.2. The molecule has 0 spiro atoms. The fourth-order valence-corrected chi connectivity index (χ4v) is 4.18. The Morgan fingerprint density at radius 1 is 1.21 bits per heavy atom. The zero-order chi connectivity index (χ0) is 13.9. The summed E-state index contributed by atoms with van der Waals surface area (Å²) in [6.07, 6.45) is 9.11. The molecule has 1 heterocycles. The number of hydrogen-bond donors (Lipinski definition) is 1. The molecule has 0 atom stereocenters. The largest absolute Gasteiger partial charge is 0.330 e. The summed E-state index contributed by atoms with van der Waals surface area (Å²) >= 11 is 1.82. The van der Waals surface area contributed by atoms with Crippen molar-refractivity contribution in [1.82, 2.24) is 4.98 Å². The average molecular weight is 280 g/mol. The van der Waals surface area contributed by atoms with Gasteiger partial charge in [0, 0.05) is 17.2 Å². The molecule has 2 rings (SSSR count). The van der Waals surface area contributed by atoms with Gasteiger partial charge in [-0.2, -0.15) is 0 Å². The Balaban J connectivity index is 2.11. The van der Waals surface area contributed by atoms with Gasteiger partial charge in [-0.05, 0) is 24.8 Å². The Labute approximate surface area is 121 Å². The lowest BCUT2D eigenvalue weighted by Crippen LogP contribution is -2.32. The third-order valence-corrected chi connectivity index (χ3v) is 5.29. The van der Waals surface area contributed by atoms with Crippen LogP contribution < -0.4 is 5.73 Å². The lowest BCUT2D eigenvalue weighted by molar-refractivity contribution is 0.252. The lowest BCUT2D eigenvalue weighted by Gasteiger charge is -2.30. The quantitative estimate of drug-likeness (QED) is 0.839. The maximum atomic E-state index is 6.12. The van der Waals surface area contributed by atoms with Crippen LogP contribution in [0.15, 0.2) is 5.38 Å². The molecule has 0 aromatic carbocycles. The summed E-state index contributed by atoms with van der Waals surface area (Å²) in [6.45, 7) is 7.51. The minimum atomic E-state index is 0.161. The van der Waals surface area contributed by atoms with Crippen LogP contribution in [0.3, 0.4) is 0 Å². The highest BCUT2D eigenvalue weighted by Gasteiger charge is 2.31. The SMILES string of the molecule is CC(C)(C)c1csc(CC2(CN)CCCCCC2)n1. The molecular formula is C16H28N2S. The Morgan fingerprint density at radius 2 is 1.84 bits per heavy atom. The standard InChI is InChI=1S/C16H28N2S/c1-15(2,3)13-11-19-14(18-13)10-16(12-17)8-6-4-5-7-9-16/h11H,4-10,12,17H2,1-3H3. The molecule has 0 amide bonds. The summed E-state index contributed by atoms with van der Waals surface area (Å²) in [4.78, 5) is 4.86. The van der Waals surface area contributed by atoms with Gasteiger partial charge in [0.05, 0.1) is 10.7 Å². The molecule has 3 heteroatoms. The highest BCUT2D eigenvalue weighted by Crippen LogP contribution is 2.38. The first kappa shape index (κ1) is 15.0. The highest BCUT2D eigenvalue weighted by molar-refractivity contribution is 7.09. The lowest BCUT2D eigenvalue weighted by atomic mass is 9.77. The molecule has 2 N–H and O–H groups in total. The minimum Gasteiger partial charge on any atom is -0.330 e. The van der Waals surface area contributed by atoms with E-state index in [-0.39, 0.29) is 5.41 Å². The molecule has 0 bridgehead atoms. The fraction of sp³-hybridized carbons (Fsp3) is 0.812. The molecule has 0 aliphatic heterocycles. The van der Waals surface area contributed by atoms with Crippen LogP contribution in [0.25, 0.3) is 0 Å². The van der Waals surface area contributed by atoms with Gasteiger partial charge in [-0.1, -0.05) is 46.5 Å². The van der Waals surface area contributed by atoms with E-state index in [9.17, 15) is 0 Å². The van der Waals surface area contributed by atoms with Gasteiger partial charge >= 0.3 is 0 Å². The van der Waals surface area contributed by atoms with Crippen LogP contribution in [0.5, 0.6) is 0 Å². The van der Waals surface area contributed by atoms with Gasteiger partial charge in [-0.15, -0.1) is 11.3 Å². The summed E-state index contributed by atoms with van der Waals surface area (Å²) in [5, 5.41) is 3.52. The van der Waals surface area contributed by atoms with Crippen molar-refractivity contribution in [3.63, 3.8) is 0 Å². The number of hydrogen-bond acceptors (Lipinski definition) is 3. The van der Waals surface area contributed by atoms with Gasteiger partial charge in [0.1, 0.15) is 0 Å². The van der Waals surface area contributed by atoms with Crippen molar-refractivity contribution < 1.29 is 0 Å². The second-order valence-electron chi connectivity index (χ2n) is 7.17. The fourth-order valence-electron chi connectivity index (χ4n) is 2.99. The van der Waals surface area contributed by atoms with E-state index >= 15 is 0 Å². The monoisotopic (exact) mass is 280 g/mol. The van der Waals surface area contributed by atoms with E-state index in [4.69, 9.17) is 10.7 Å². The zero-order valence-electron chi connectivity index (χ0n) is 12.7. The molecule has 0 saturated heterocycles. The molecule has 1 aromatic heterocycles. The third-order valence-electron chi connectivity index (χ3n) is 4.44. The number of nitrogens with two attached hydrogens (primary N) is 1. The van der Waals surface area contributed by atoms with Crippen molar-refractivity contribution in [2.45, 2.75) is 71.1 Å². The molecule has 0 radical (unpaired) electrons. The van der Waals surface area contributed by atoms with Crippen LogP contribution in [0.1, 0.15) is 70.0 Å². The molecule has 1 aliphatic carbocycles. The maximum Gasteiger partial charge on any atom is 0.0934 e. The Bertz CT molecular complexity index is 395. The van der Waals surface area contributed by atoms with Crippen molar-refractivity contribution in [2.75, 3.05) is 6.54 Å². The molecule has 2 nitrogen and oxygen atoms in total. The van der Waals surface area contributed by atoms with Crippen LogP contribution in [0.4, 0.5) is 0 Å². The summed E-state index contributed by atoms with van der Waals surface area (Å²) in [5.74, 6) is 0. The molecule has 108 valence electrons. The Kier molecular flexibility index (Phi) is 4.67. The molecule has 1 aromatic rings. The van der Waals surface area contributed by atoms with Gasteiger partial charge in [-0.3, -0.25) is 0 Å². The van der Waals surface area contributed by atoms with Gasteiger partial charge in [-0.25, -0.2) is 4.98 Å². The first-order chi connectivity index (χ1) is 8.95. The summed E-state index contributed by atoms with van der Waals surface area (Å²) in [7, 11) is 0. The summed E-state index contributed by atoms with van der Waals surface area (Å²) in [6, 6.07) is 0. The third kappa shape index (κ3) is 3.79. The van der Waals surface area contributed by atoms with E-state index in [1.165, 1.54) is 49.2 Å². The van der Waals surface area contributed by atoms with E-state index in [0.717, 1.165) is 13.0 Å². The second-order valence-corrected chi connectivity index (χ2v) is 8.11. The van der Waals surface area contributed by atoms with Crippen LogP contribution in [-0.2, 0) is 11.8 Å². The molecule has 1 saturated carbocycles. The van der Waals surface area contributed by atoms with E-state index in [1.807, 2.05) is 11.3 Å². The van der Waals surface area contributed by atoms with E-state index < -0.39 is 0 Å². The van der Waals surface area contributed by atoms with Gasteiger partial charge in [0.15, 0.2) is 0 Å². The van der Waals surface area contributed by atoms with E-state index in [0.29, 0.717) is 5.41 Å². The number of rotatable bonds is 3. The van der Waals surface area contributed by atoms with Crippen molar-refractivity contribution in [1.29, 1.82) is 0 Å². The molecule has 1 fully saturated rings. The van der Waals surface area contributed by atoms with Crippen LogP contribution in [-0.4, -0.2) is 11.5 Å². The van der Waals surface area contributed by atoms with Gasteiger partial charge in [0.2, 0.25) is 0 Å². The van der Waals surface area contributed by atoms with Crippen molar-refractivity contribution in [2.24, 2.45) is 11.1 Å². The van der Waals surface area contributed by atoms with Gasteiger partial charge < -0.3 is 5.73 Å². The van der Waals surface area contributed by atoms with Crippen LogP contribution in [0.2, 0.25) is 0 Å². The minimum absolute atomic E-state index is 0.161. The van der Waals surface area contributed by atoms with Gasteiger partial charge in [0.25, 0.3) is 0 Å². The number of nitrogens with zero attached hydrogens (tertiary/aromatic N) is 1. The smallest absolute Gasteiger partial charge is 0.0934 e. The zero-order valence-corrected chi connectivity index (χ0v) is 13.5. The Morgan fingerprint density at radius 3 is 2.32 bits per heavy atom. The number of thiazole rings is 1. The van der Waals surface area contributed by atoms with Crippen molar-refractivity contribution >= 4 is 11.3 Å². The van der Waals surface area contributed by atoms with Crippen LogP contribution in [0, 0.1) is 5.41 Å². The topological polar surface area (TPSA) is 38.9 Å². The summed E-state index contributed by atoms with van der Waals surface area (Å²) in [5.41, 5.74) is 7.84. The maximum absolute atomic E-state index is 6.12. The number of aromatic nitrogens is 1. The van der Waals surface area contributed by atoms with E-state index in [2.05, 4.69) is 26.2 Å². The Hall–Kier alpha value is -0.410. The molecular weight excluding hydrogens is 252 g/mol. The summed E-state index contributed by atoms with van der Waals surface area (Å²) < 4.78 is 0. The van der Waals surface area contributed by atoms with E-state index in [1.54, 1.807) is 0 Å². The highest BCUT2D eigenvalue weighted by atomic mass is 32.1. The predicted molar refractivity (Wildman–Crippen MR) is 83.7 cm³/mol. The first-order valence-corrected chi connectivity index (χ1v) is 8.48. The average Bonchev–Trinajstić information content (AvgIpc) is 2.69. The first-order valence-electron chi connectivity index (χ1n) is 7.60. The predicted octanol–water partition coefficient (Wildman–Crippen LogP) is 4.28. The molecule has 19 heavy (non-hydrogen) atoms. The second kappa shape index (κ2) is 5.92. The van der Waals surface area contributed by atoms with Crippen LogP contribution >= 0.6 is 11.3 Å². The van der Waals surface area contributed by atoms with Crippen molar-refractivity contribution in [3.05, 3.63) is 16.1 Å². The molecule has 0 unspecified atom stereocenters.